The molecule has 320 valence electrons. The van der Waals surface area contributed by atoms with Crippen LogP contribution in [0.4, 0.5) is 0 Å². The predicted molar refractivity (Wildman–Crippen MR) is 204 cm³/mol. The molecule has 0 radical (unpaired) electrons. The van der Waals surface area contributed by atoms with E-state index in [9.17, 15) is 33.9 Å². The fourth-order valence-electron chi connectivity index (χ4n) is 5.06. The lowest BCUT2D eigenvalue weighted by Gasteiger charge is -2.12. The molecule has 0 aromatic heterocycles. The third-order valence-electron chi connectivity index (χ3n) is 8.39. The maximum Gasteiger partial charge on any atom is 0.306 e. The summed E-state index contributed by atoms with van der Waals surface area (Å²) in [5.74, 6) is -3.33. The number of rotatable bonds is 42. The second-order valence-electron chi connectivity index (χ2n) is 13.6. The summed E-state index contributed by atoms with van der Waals surface area (Å²) in [4.78, 5) is 69.9. The Kier molecular flexibility index (Phi) is 35.8. The Morgan fingerprint density at radius 2 is 0.909 bits per heavy atom. The van der Waals surface area contributed by atoms with Gasteiger partial charge in [-0.05, 0) is 19.3 Å². The highest BCUT2D eigenvalue weighted by Gasteiger charge is 2.22. The summed E-state index contributed by atoms with van der Waals surface area (Å²) in [6.07, 6.45) is 10.5. The van der Waals surface area contributed by atoms with Crippen LogP contribution < -0.4 is 10.6 Å². The minimum atomic E-state index is -1.07. The van der Waals surface area contributed by atoms with Gasteiger partial charge in [-0.3, -0.25) is 28.8 Å². The van der Waals surface area contributed by atoms with Crippen LogP contribution in [0.2, 0.25) is 0 Å². The number of nitrogens with one attached hydrogen (secondary N) is 2. The van der Waals surface area contributed by atoms with E-state index in [0.29, 0.717) is 59.2 Å². The Morgan fingerprint density at radius 1 is 0.491 bits per heavy atom. The summed E-state index contributed by atoms with van der Waals surface area (Å²) in [6, 6.07) is 0. The van der Waals surface area contributed by atoms with Gasteiger partial charge < -0.3 is 49.3 Å². The first-order chi connectivity index (χ1) is 26.5. The number of aliphatic carboxylic acids is 2. The van der Waals surface area contributed by atoms with Crippen molar-refractivity contribution in [3.05, 3.63) is 0 Å². The van der Waals surface area contributed by atoms with E-state index in [1.807, 2.05) is 13.8 Å². The van der Waals surface area contributed by atoms with Gasteiger partial charge in [-0.15, -0.1) is 0 Å². The van der Waals surface area contributed by atoms with Crippen LogP contribution in [0, 0.1) is 11.8 Å². The van der Waals surface area contributed by atoms with E-state index < -0.39 is 17.9 Å². The minimum absolute atomic E-state index is 0.00966. The van der Waals surface area contributed by atoms with E-state index in [2.05, 4.69) is 10.6 Å². The van der Waals surface area contributed by atoms with Gasteiger partial charge in [0.05, 0.1) is 72.0 Å². The van der Waals surface area contributed by atoms with Crippen LogP contribution in [0.1, 0.15) is 110 Å². The molecule has 55 heavy (non-hydrogen) atoms. The fraction of sp³-hybridized carbons (Fsp3) is 0.846. The largest absolute Gasteiger partial charge is 0.481 e. The summed E-state index contributed by atoms with van der Waals surface area (Å²) in [7, 11) is 0. The number of unbranched alkanes of at least 4 members (excludes halogenated alkanes) is 9. The van der Waals surface area contributed by atoms with Gasteiger partial charge in [-0.25, -0.2) is 0 Å². The second kappa shape index (κ2) is 37.9. The van der Waals surface area contributed by atoms with Crippen molar-refractivity contribution in [3.8, 4) is 0 Å². The zero-order valence-electron chi connectivity index (χ0n) is 33.5. The van der Waals surface area contributed by atoms with Crippen LogP contribution >= 0.6 is 0 Å². The summed E-state index contributed by atoms with van der Waals surface area (Å²) < 4.78 is 32.1. The molecule has 1 atom stereocenters. The quantitative estimate of drug-likeness (QED) is 0.0647. The molecule has 0 spiro atoms. The molecule has 0 aromatic carbocycles. The maximum atomic E-state index is 12.4. The Labute approximate surface area is 327 Å². The third-order valence-corrected chi connectivity index (χ3v) is 8.39. The molecule has 0 aliphatic carbocycles. The van der Waals surface area contributed by atoms with Crippen molar-refractivity contribution >= 4 is 35.3 Å². The monoisotopic (exact) mass is 790 g/mol. The molecular formula is C39H70N2O14. The van der Waals surface area contributed by atoms with Crippen molar-refractivity contribution in [1.82, 2.24) is 10.6 Å². The molecule has 16 heteroatoms. The van der Waals surface area contributed by atoms with E-state index in [-0.39, 0.29) is 94.6 Å². The van der Waals surface area contributed by atoms with E-state index in [1.54, 1.807) is 0 Å². The van der Waals surface area contributed by atoms with Gasteiger partial charge in [-0.1, -0.05) is 65.2 Å². The van der Waals surface area contributed by atoms with Gasteiger partial charge in [0.15, 0.2) is 5.78 Å². The average molecular weight is 791 g/mol. The smallest absolute Gasteiger partial charge is 0.306 e. The van der Waals surface area contributed by atoms with E-state index >= 15 is 0 Å². The van der Waals surface area contributed by atoms with E-state index in [1.165, 1.54) is 0 Å². The van der Waals surface area contributed by atoms with Crippen molar-refractivity contribution in [1.29, 1.82) is 0 Å². The summed E-state index contributed by atoms with van der Waals surface area (Å²) in [6.45, 7) is 7.44. The highest BCUT2D eigenvalue weighted by atomic mass is 16.6. The minimum Gasteiger partial charge on any atom is -0.481 e. The maximum absolute atomic E-state index is 12.4. The Balaban J connectivity index is 3.60. The molecular weight excluding hydrogens is 720 g/mol. The normalized spacial score (nSPS) is 11.8. The zero-order valence-corrected chi connectivity index (χ0v) is 33.5. The Bertz CT molecular complexity index is 1030. The molecule has 0 aromatic rings. The molecule has 0 aliphatic heterocycles. The number of carboxylic acid groups (broad SMARTS) is 2. The molecule has 0 bridgehead atoms. The van der Waals surface area contributed by atoms with Crippen LogP contribution in [-0.4, -0.2) is 138 Å². The van der Waals surface area contributed by atoms with Gasteiger partial charge in [0.2, 0.25) is 11.8 Å². The van der Waals surface area contributed by atoms with Crippen molar-refractivity contribution in [2.75, 3.05) is 92.4 Å². The number of ether oxygens (including phenoxy) is 6. The molecule has 0 saturated carbocycles. The van der Waals surface area contributed by atoms with Crippen LogP contribution in [0.5, 0.6) is 0 Å². The lowest BCUT2D eigenvalue weighted by atomic mass is 9.94. The molecule has 0 unspecified atom stereocenters. The zero-order chi connectivity index (χ0) is 40.8. The highest BCUT2D eigenvalue weighted by molar-refractivity contribution is 5.84. The molecule has 0 rings (SSSR count). The third kappa shape index (κ3) is 37.7. The van der Waals surface area contributed by atoms with Gasteiger partial charge in [0.1, 0.15) is 19.0 Å². The number of carbonyl (C=O) groups excluding carboxylic acids is 4. The fourth-order valence-corrected chi connectivity index (χ4v) is 5.06. The van der Waals surface area contributed by atoms with Gasteiger partial charge in [0, 0.05) is 44.7 Å². The lowest BCUT2D eigenvalue weighted by molar-refractivity contribution is -0.144. The Hall–Kier alpha value is -3.02. The summed E-state index contributed by atoms with van der Waals surface area (Å²) >= 11 is 0. The van der Waals surface area contributed by atoms with Gasteiger partial charge >= 0.3 is 11.9 Å². The van der Waals surface area contributed by atoms with Crippen molar-refractivity contribution in [3.63, 3.8) is 0 Å². The van der Waals surface area contributed by atoms with Crippen molar-refractivity contribution in [2.45, 2.75) is 110 Å². The van der Waals surface area contributed by atoms with Crippen molar-refractivity contribution in [2.24, 2.45) is 11.8 Å². The molecule has 2 amide bonds. The number of amides is 2. The molecule has 4 N–H and O–H groups in total. The molecule has 16 nitrogen and oxygen atoms in total. The molecule has 0 saturated heterocycles. The number of Topliss-reactive ketones (excluding diaryl/α,β-unsaturated/α-hetero) is 2. The number of carboxylic acids is 2. The number of ketones is 2. The molecule has 0 heterocycles. The van der Waals surface area contributed by atoms with E-state index in [4.69, 9.17) is 33.5 Å². The highest BCUT2D eigenvalue weighted by Crippen LogP contribution is 2.16. The van der Waals surface area contributed by atoms with Crippen LogP contribution in [0.15, 0.2) is 0 Å². The average Bonchev–Trinajstić information content (AvgIpc) is 3.14. The Morgan fingerprint density at radius 3 is 1.38 bits per heavy atom. The molecule has 0 fully saturated rings. The van der Waals surface area contributed by atoms with Crippen LogP contribution in [0.3, 0.4) is 0 Å². The standard InChI is InChI=1S/C39H70N2O14/c1-32(2)35(43)30-54-27-25-52-23-22-51-20-18-41-37(45)31-55-28-26-53-24-21-50-19-17-40-36(44)16-15-33(39(48)49)29-34(42)13-11-9-7-5-3-4-6-8-10-12-14-38(46)47/h32-33H,3-31H2,1-2H3,(H,40,44)(H,41,45)(H,46,47)(H,48,49)/t33-/m1/s1. The van der Waals surface area contributed by atoms with Crippen LogP contribution in [-0.2, 0) is 57.2 Å². The first-order valence-electron chi connectivity index (χ1n) is 20.0. The van der Waals surface area contributed by atoms with Gasteiger partial charge in [0.25, 0.3) is 0 Å². The van der Waals surface area contributed by atoms with Crippen LogP contribution in [0.25, 0.3) is 0 Å². The molecule has 0 aliphatic rings. The topological polar surface area (TPSA) is 222 Å². The SMILES string of the molecule is CC(C)C(=O)COCCOCCOCCNC(=O)COCCOCCOCCNC(=O)CC[C@H](CC(=O)CCCCCCCCCCCCC(=O)O)C(=O)O. The first-order valence-corrected chi connectivity index (χ1v) is 20.0. The predicted octanol–water partition coefficient (Wildman–Crippen LogP) is 3.75. The number of hydrogen-bond donors (Lipinski definition) is 4. The van der Waals surface area contributed by atoms with E-state index in [0.717, 1.165) is 64.2 Å². The van der Waals surface area contributed by atoms with Gasteiger partial charge in [-0.2, -0.15) is 0 Å². The summed E-state index contributed by atoms with van der Waals surface area (Å²) in [5, 5.41) is 23.5. The number of hydrogen-bond acceptors (Lipinski definition) is 12. The second-order valence-corrected chi connectivity index (χ2v) is 13.6. The number of carbonyl (C=O) groups is 6. The summed E-state index contributed by atoms with van der Waals surface area (Å²) in [5.41, 5.74) is 0. The van der Waals surface area contributed by atoms with Crippen molar-refractivity contribution < 1.29 is 67.4 Å². The lowest BCUT2D eigenvalue weighted by Crippen LogP contribution is -2.31. The first kappa shape index (κ1) is 52.0.